The largest absolute Gasteiger partial charge is 0.453 e. The average molecular weight is 283 g/mol. The van der Waals surface area contributed by atoms with Crippen LogP contribution in [0.2, 0.25) is 0 Å². The molecule has 1 N–H and O–H groups in total. The van der Waals surface area contributed by atoms with Gasteiger partial charge in [-0.2, -0.15) is 0 Å². The highest BCUT2D eigenvalue weighted by Crippen LogP contribution is 2.20. The first kappa shape index (κ1) is 14.2. The molecule has 0 saturated carbocycles. The smallest absolute Gasteiger partial charge is 0.407 e. The molecule has 1 heterocycles. The van der Waals surface area contributed by atoms with E-state index in [1.54, 1.807) is 0 Å². The molecule has 0 aromatic heterocycles. The lowest BCUT2D eigenvalue weighted by Gasteiger charge is -2.17. The summed E-state index contributed by atoms with van der Waals surface area (Å²) < 4.78 is 4.65. The van der Waals surface area contributed by atoms with E-state index < -0.39 is 0 Å². The van der Waals surface area contributed by atoms with Gasteiger partial charge in [-0.15, -0.1) is 11.6 Å². The molecular weight excluding hydrogens is 264 g/mol. The van der Waals surface area contributed by atoms with E-state index in [4.69, 9.17) is 11.6 Å². The van der Waals surface area contributed by atoms with Crippen LogP contribution < -0.4 is 5.32 Å². The average Bonchev–Trinajstić information content (AvgIpc) is 2.81. The van der Waals surface area contributed by atoms with Crippen molar-refractivity contribution < 1.29 is 9.53 Å². The molecule has 19 heavy (non-hydrogen) atoms. The number of rotatable bonds is 4. The van der Waals surface area contributed by atoms with Gasteiger partial charge in [0.1, 0.15) is 0 Å². The van der Waals surface area contributed by atoms with Crippen LogP contribution in [-0.2, 0) is 11.3 Å². The number of nitrogens with zero attached hydrogens (tertiary/aromatic N) is 1. The quantitative estimate of drug-likeness (QED) is 0.860. The molecule has 0 spiro atoms. The number of nitrogens with one attached hydrogen (secondary N) is 1. The zero-order valence-corrected chi connectivity index (χ0v) is 11.8. The van der Waals surface area contributed by atoms with Crippen LogP contribution in [0, 0.1) is 5.92 Å². The number of carbonyl (C=O) groups is 1. The van der Waals surface area contributed by atoms with Crippen LogP contribution in [0.15, 0.2) is 30.3 Å². The first-order valence-electron chi connectivity index (χ1n) is 6.39. The Hall–Kier alpha value is -1.26. The van der Waals surface area contributed by atoms with Crippen LogP contribution in [0.25, 0.3) is 0 Å². The Morgan fingerprint density at radius 1 is 1.42 bits per heavy atom. The number of alkyl carbamates (subject to hydrolysis) is 1. The summed E-state index contributed by atoms with van der Waals surface area (Å²) in [6.07, 6.45) is -0.387. The molecule has 0 radical (unpaired) electrons. The summed E-state index contributed by atoms with van der Waals surface area (Å²) in [6.45, 7) is 2.59. The minimum atomic E-state index is -0.387. The molecule has 2 atom stereocenters. The highest BCUT2D eigenvalue weighted by Gasteiger charge is 2.33. The van der Waals surface area contributed by atoms with Crippen molar-refractivity contribution in [1.29, 1.82) is 0 Å². The maximum Gasteiger partial charge on any atom is 0.407 e. The molecule has 1 aromatic carbocycles. The molecule has 4 nitrogen and oxygen atoms in total. The highest BCUT2D eigenvalue weighted by atomic mass is 35.5. The van der Waals surface area contributed by atoms with E-state index >= 15 is 0 Å². The summed E-state index contributed by atoms with van der Waals surface area (Å²) in [6, 6.07) is 10.4. The lowest BCUT2D eigenvalue weighted by atomic mass is 10.1. The van der Waals surface area contributed by atoms with E-state index in [1.165, 1.54) is 12.7 Å². The first-order valence-corrected chi connectivity index (χ1v) is 6.93. The van der Waals surface area contributed by atoms with Gasteiger partial charge in [-0.05, 0) is 5.56 Å². The number of methoxy groups -OCH3 is 1. The van der Waals surface area contributed by atoms with Crippen LogP contribution in [-0.4, -0.2) is 43.1 Å². The van der Waals surface area contributed by atoms with Crippen LogP contribution in [0.3, 0.4) is 0 Å². The molecule has 5 heteroatoms. The van der Waals surface area contributed by atoms with E-state index in [-0.39, 0.29) is 18.1 Å². The molecule has 1 saturated heterocycles. The summed E-state index contributed by atoms with van der Waals surface area (Å²) in [7, 11) is 1.38. The topological polar surface area (TPSA) is 41.6 Å². The first-order chi connectivity index (χ1) is 9.22. The lowest BCUT2D eigenvalue weighted by molar-refractivity contribution is 0.164. The Balaban J connectivity index is 1.93. The fraction of sp³-hybridized carbons (Fsp3) is 0.500. The highest BCUT2D eigenvalue weighted by molar-refractivity contribution is 6.18. The summed E-state index contributed by atoms with van der Waals surface area (Å²) in [5.41, 5.74) is 1.27. The van der Waals surface area contributed by atoms with Crippen LogP contribution >= 0.6 is 11.6 Å². The van der Waals surface area contributed by atoms with Gasteiger partial charge in [0.05, 0.1) is 13.2 Å². The fourth-order valence-corrected chi connectivity index (χ4v) is 2.77. The number of carbonyl (C=O) groups excluding carboxylic acids is 1. The number of likely N-dealkylation sites (tertiary alicyclic amines) is 1. The Labute approximate surface area is 118 Å². The second kappa shape index (κ2) is 6.78. The lowest BCUT2D eigenvalue weighted by Crippen LogP contribution is -2.40. The predicted molar refractivity (Wildman–Crippen MR) is 75.3 cm³/mol. The Kier molecular flexibility index (Phi) is 5.05. The van der Waals surface area contributed by atoms with E-state index in [0.717, 1.165) is 19.6 Å². The molecule has 1 aromatic rings. The van der Waals surface area contributed by atoms with Crippen molar-refractivity contribution in [3.05, 3.63) is 35.9 Å². The maximum atomic E-state index is 11.3. The third-order valence-electron chi connectivity index (χ3n) is 3.45. The zero-order chi connectivity index (χ0) is 13.7. The molecule has 1 amide bonds. The molecule has 2 rings (SSSR count). The summed E-state index contributed by atoms with van der Waals surface area (Å²) in [5.74, 6) is 0.810. The fourth-order valence-electron chi connectivity index (χ4n) is 2.46. The van der Waals surface area contributed by atoms with E-state index in [1.807, 2.05) is 18.2 Å². The number of halogens is 1. The Bertz CT molecular complexity index is 413. The van der Waals surface area contributed by atoms with Gasteiger partial charge in [-0.25, -0.2) is 4.79 Å². The van der Waals surface area contributed by atoms with E-state index in [0.29, 0.717) is 5.88 Å². The summed E-state index contributed by atoms with van der Waals surface area (Å²) in [4.78, 5) is 13.6. The van der Waals surface area contributed by atoms with Crippen molar-refractivity contribution in [3.8, 4) is 0 Å². The molecule has 0 aliphatic carbocycles. The van der Waals surface area contributed by atoms with Crippen molar-refractivity contribution in [2.75, 3.05) is 26.1 Å². The van der Waals surface area contributed by atoms with Crippen molar-refractivity contribution >= 4 is 17.7 Å². The Morgan fingerprint density at radius 3 is 2.79 bits per heavy atom. The molecule has 0 unspecified atom stereocenters. The molecule has 0 bridgehead atoms. The number of alkyl halides is 1. The third kappa shape index (κ3) is 3.85. The van der Waals surface area contributed by atoms with Crippen molar-refractivity contribution in [2.45, 2.75) is 12.6 Å². The normalized spacial score (nSPS) is 23.3. The van der Waals surface area contributed by atoms with E-state index in [9.17, 15) is 4.79 Å². The minimum Gasteiger partial charge on any atom is -0.453 e. The monoisotopic (exact) mass is 282 g/mol. The van der Waals surface area contributed by atoms with Gasteiger partial charge in [-0.1, -0.05) is 30.3 Å². The molecule has 1 fully saturated rings. The number of benzene rings is 1. The van der Waals surface area contributed by atoms with Gasteiger partial charge < -0.3 is 10.1 Å². The van der Waals surface area contributed by atoms with Crippen molar-refractivity contribution in [2.24, 2.45) is 5.92 Å². The summed E-state index contributed by atoms with van der Waals surface area (Å²) >= 11 is 5.98. The van der Waals surface area contributed by atoms with Crippen molar-refractivity contribution in [3.63, 3.8) is 0 Å². The zero-order valence-electron chi connectivity index (χ0n) is 11.0. The van der Waals surface area contributed by atoms with Crippen LogP contribution in [0.5, 0.6) is 0 Å². The van der Waals surface area contributed by atoms with Gasteiger partial charge in [0.2, 0.25) is 0 Å². The molecular formula is C14H19ClN2O2. The predicted octanol–water partition coefficient (Wildman–Crippen LogP) is 2.08. The van der Waals surface area contributed by atoms with Crippen LogP contribution in [0.1, 0.15) is 5.56 Å². The minimum absolute atomic E-state index is 0.0636. The van der Waals surface area contributed by atoms with Gasteiger partial charge in [0, 0.05) is 31.4 Å². The summed E-state index contributed by atoms with van der Waals surface area (Å²) in [5, 5.41) is 2.86. The van der Waals surface area contributed by atoms with Gasteiger partial charge in [-0.3, -0.25) is 4.90 Å². The third-order valence-corrected chi connectivity index (χ3v) is 3.85. The van der Waals surface area contributed by atoms with Gasteiger partial charge in [0.15, 0.2) is 0 Å². The van der Waals surface area contributed by atoms with Gasteiger partial charge >= 0.3 is 6.09 Å². The molecule has 1 aliphatic heterocycles. The maximum absolute atomic E-state index is 11.3. The molecule has 104 valence electrons. The number of hydrogen-bond acceptors (Lipinski definition) is 3. The number of amides is 1. The van der Waals surface area contributed by atoms with Crippen LogP contribution in [0.4, 0.5) is 4.79 Å². The number of hydrogen-bond donors (Lipinski definition) is 1. The van der Waals surface area contributed by atoms with Gasteiger partial charge in [0.25, 0.3) is 0 Å². The second-order valence-electron chi connectivity index (χ2n) is 4.84. The Morgan fingerprint density at radius 2 is 2.16 bits per heavy atom. The second-order valence-corrected chi connectivity index (χ2v) is 5.15. The molecule has 1 aliphatic rings. The number of ether oxygens (including phenoxy) is 1. The standard InChI is InChI=1S/C14H19ClN2O2/c1-19-14(18)16-13-10-17(9-12(13)7-15)8-11-5-3-2-4-6-11/h2-6,12-13H,7-10H2,1H3,(H,16,18)/t12-,13-/m1/s1. The SMILES string of the molecule is COC(=O)N[C@@H]1CN(Cc2ccccc2)C[C@H]1CCl. The van der Waals surface area contributed by atoms with E-state index in [2.05, 4.69) is 27.1 Å². The van der Waals surface area contributed by atoms with Crippen molar-refractivity contribution in [1.82, 2.24) is 10.2 Å².